The summed E-state index contributed by atoms with van der Waals surface area (Å²) in [5.74, 6) is 2.80. The first-order chi connectivity index (χ1) is 18.9. The molecule has 39 heavy (non-hydrogen) atoms. The van der Waals surface area contributed by atoms with Gasteiger partial charge in [0.15, 0.2) is 28.8 Å². The van der Waals surface area contributed by atoms with E-state index in [1.54, 1.807) is 35.5 Å². The molecule has 0 amide bonds. The molecular weight excluding hydrogens is 564 g/mol. The zero-order valence-corrected chi connectivity index (χ0v) is 24.1. The monoisotopic (exact) mass is 594 g/mol. The quantitative estimate of drug-likeness (QED) is 0.322. The lowest BCUT2D eigenvalue weighted by atomic mass is 9.78. The van der Waals surface area contributed by atoms with Crippen LogP contribution in [0.15, 0.2) is 64.3 Å². The lowest BCUT2D eigenvalue weighted by molar-refractivity contribution is -0.116. The maximum Gasteiger partial charge on any atom is 0.203 e. The van der Waals surface area contributed by atoms with E-state index in [1.807, 2.05) is 48.5 Å². The van der Waals surface area contributed by atoms with Gasteiger partial charge in [0, 0.05) is 17.7 Å². The average molecular weight is 595 g/mol. The van der Waals surface area contributed by atoms with Crippen molar-refractivity contribution >= 4 is 33.1 Å². The number of hydrogen-bond acceptors (Lipinski definition) is 8. The number of carbonyl (C=O) groups is 1. The van der Waals surface area contributed by atoms with Gasteiger partial charge in [0.25, 0.3) is 0 Å². The molecule has 204 valence electrons. The van der Waals surface area contributed by atoms with Crippen LogP contribution in [-0.2, 0) is 4.79 Å². The van der Waals surface area contributed by atoms with Crippen molar-refractivity contribution in [1.29, 1.82) is 0 Å². The van der Waals surface area contributed by atoms with E-state index < -0.39 is 6.04 Å². The first kappa shape index (κ1) is 26.7. The lowest BCUT2D eigenvalue weighted by Crippen LogP contribution is -2.27. The Morgan fingerprint density at radius 3 is 1.95 bits per heavy atom. The molecule has 3 aromatic carbocycles. The second-order valence-corrected chi connectivity index (χ2v) is 10.2. The number of benzene rings is 3. The number of fused-ring (bicyclic) bond motifs is 1. The van der Waals surface area contributed by atoms with E-state index in [1.165, 1.54) is 0 Å². The van der Waals surface area contributed by atoms with Gasteiger partial charge in [0.1, 0.15) is 0 Å². The fourth-order valence-corrected chi connectivity index (χ4v) is 6.04. The van der Waals surface area contributed by atoms with E-state index in [0.717, 1.165) is 32.7 Å². The minimum atomic E-state index is -0.402. The molecule has 0 radical (unpaired) electrons. The molecule has 0 unspecified atom stereocenters. The van der Waals surface area contributed by atoms with Gasteiger partial charge in [0.05, 0.1) is 57.4 Å². The Morgan fingerprint density at radius 1 is 0.744 bits per heavy atom. The number of ketones is 1. The third-order valence-electron chi connectivity index (χ3n) is 7.26. The summed E-state index contributed by atoms with van der Waals surface area (Å²) in [6.45, 7) is 0. The van der Waals surface area contributed by atoms with Crippen molar-refractivity contribution in [3.05, 3.63) is 75.4 Å². The number of halogens is 1. The number of Topliss-reactive ketones (excluding diaryl/α,β-unsaturated/α-hetero) is 1. The Labute approximate surface area is 236 Å². The standard InChI is InChI=1S/C30H31BrN2O6/c1-35-24-15-18(10-19(31)29(24)38-4)28-27-22(32-20-8-6-7-9-21(20)33-28)11-16(12-23(27)34)17-13-25(36-2)30(39-5)26(14-17)37-3/h6-10,13-16,28,32-33H,11-12H2,1-5H3/t16-,28+/m1/s1. The molecule has 2 atom stereocenters. The van der Waals surface area contributed by atoms with E-state index in [2.05, 4.69) is 26.6 Å². The van der Waals surface area contributed by atoms with Crippen LogP contribution < -0.4 is 34.3 Å². The molecule has 9 heteroatoms. The highest BCUT2D eigenvalue weighted by Crippen LogP contribution is 2.48. The van der Waals surface area contributed by atoms with Crippen LogP contribution in [0.2, 0.25) is 0 Å². The predicted octanol–water partition coefficient (Wildman–Crippen LogP) is 6.47. The van der Waals surface area contributed by atoms with Gasteiger partial charge in [-0.1, -0.05) is 12.1 Å². The van der Waals surface area contributed by atoms with Crippen LogP contribution >= 0.6 is 15.9 Å². The van der Waals surface area contributed by atoms with Gasteiger partial charge in [-0.3, -0.25) is 4.79 Å². The Bertz CT molecular complexity index is 1430. The first-order valence-corrected chi connectivity index (χ1v) is 13.3. The Hall–Kier alpha value is -3.85. The van der Waals surface area contributed by atoms with Crippen LogP contribution in [0.25, 0.3) is 0 Å². The fraction of sp³-hybridized carbons (Fsp3) is 0.300. The lowest BCUT2D eigenvalue weighted by Gasteiger charge is -2.30. The van der Waals surface area contributed by atoms with Gasteiger partial charge >= 0.3 is 0 Å². The number of ether oxygens (including phenoxy) is 5. The van der Waals surface area contributed by atoms with Crippen molar-refractivity contribution in [2.24, 2.45) is 0 Å². The van der Waals surface area contributed by atoms with Crippen LogP contribution in [0.4, 0.5) is 11.4 Å². The highest BCUT2D eigenvalue weighted by molar-refractivity contribution is 9.10. The molecular formula is C30H31BrN2O6. The van der Waals surface area contributed by atoms with Crippen LogP contribution in [0.1, 0.15) is 35.9 Å². The molecule has 2 aliphatic rings. The Balaban J connectivity index is 1.63. The van der Waals surface area contributed by atoms with Crippen LogP contribution in [0.3, 0.4) is 0 Å². The fourth-order valence-electron chi connectivity index (χ4n) is 5.42. The van der Waals surface area contributed by atoms with Crippen molar-refractivity contribution in [2.75, 3.05) is 46.2 Å². The van der Waals surface area contributed by atoms with E-state index in [4.69, 9.17) is 23.7 Å². The highest BCUT2D eigenvalue weighted by Gasteiger charge is 2.37. The van der Waals surface area contributed by atoms with Gasteiger partial charge in [-0.15, -0.1) is 0 Å². The van der Waals surface area contributed by atoms with Crippen molar-refractivity contribution in [1.82, 2.24) is 0 Å². The second kappa shape index (κ2) is 11.1. The second-order valence-electron chi connectivity index (χ2n) is 9.37. The molecule has 1 aliphatic carbocycles. The first-order valence-electron chi connectivity index (χ1n) is 12.5. The van der Waals surface area contributed by atoms with E-state index >= 15 is 0 Å². The van der Waals surface area contributed by atoms with Gasteiger partial charge in [-0.25, -0.2) is 0 Å². The number of carbonyl (C=O) groups excluding carboxylic acids is 1. The van der Waals surface area contributed by atoms with Crippen molar-refractivity contribution in [2.45, 2.75) is 24.8 Å². The minimum Gasteiger partial charge on any atom is -0.493 e. The SMILES string of the molecule is COc1cc([C@@H]2Nc3ccccc3NC3=C2C(=O)C[C@H](c2cc(OC)c(OC)c(OC)c2)C3)cc(Br)c1OC. The average Bonchev–Trinajstić information content (AvgIpc) is 3.12. The van der Waals surface area contributed by atoms with Gasteiger partial charge in [-0.05, 0) is 75.8 Å². The molecule has 0 aromatic heterocycles. The molecule has 0 saturated carbocycles. The Morgan fingerprint density at radius 2 is 1.33 bits per heavy atom. The number of rotatable bonds is 7. The number of allylic oxidation sites excluding steroid dienone is 1. The molecule has 0 saturated heterocycles. The minimum absolute atomic E-state index is 0.0544. The summed E-state index contributed by atoms with van der Waals surface area (Å²) >= 11 is 3.62. The summed E-state index contributed by atoms with van der Waals surface area (Å²) in [5.41, 5.74) is 5.21. The molecule has 1 aliphatic heterocycles. The van der Waals surface area contributed by atoms with Crippen LogP contribution in [0.5, 0.6) is 28.7 Å². The van der Waals surface area contributed by atoms with Gasteiger partial charge in [-0.2, -0.15) is 0 Å². The summed E-state index contributed by atoms with van der Waals surface area (Å²) in [7, 11) is 7.96. The molecule has 5 rings (SSSR count). The molecule has 3 aromatic rings. The zero-order valence-electron chi connectivity index (χ0n) is 22.5. The van der Waals surface area contributed by atoms with E-state index in [9.17, 15) is 4.79 Å². The summed E-state index contributed by atoms with van der Waals surface area (Å²) in [4.78, 5) is 14.0. The number of anilines is 2. The number of hydrogen-bond donors (Lipinski definition) is 2. The predicted molar refractivity (Wildman–Crippen MR) is 154 cm³/mol. The number of methoxy groups -OCH3 is 5. The summed E-state index contributed by atoms with van der Waals surface area (Å²) in [5, 5.41) is 7.19. The molecule has 2 N–H and O–H groups in total. The van der Waals surface area contributed by atoms with Crippen molar-refractivity contribution in [3.63, 3.8) is 0 Å². The van der Waals surface area contributed by atoms with Crippen LogP contribution in [0, 0.1) is 0 Å². The Kier molecular flexibility index (Phi) is 7.61. The molecule has 8 nitrogen and oxygen atoms in total. The third kappa shape index (κ3) is 4.87. The summed E-state index contributed by atoms with van der Waals surface area (Å²) < 4.78 is 28.5. The molecule has 0 bridgehead atoms. The van der Waals surface area contributed by atoms with Crippen molar-refractivity contribution in [3.8, 4) is 28.7 Å². The molecule has 0 spiro atoms. The molecule has 1 heterocycles. The summed E-state index contributed by atoms with van der Waals surface area (Å²) in [6.07, 6.45) is 0.961. The summed E-state index contributed by atoms with van der Waals surface area (Å²) in [6, 6.07) is 15.3. The maximum atomic E-state index is 14.0. The zero-order chi connectivity index (χ0) is 27.7. The third-order valence-corrected chi connectivity index (χ3v) is 7.85. The smallest absolute Gasteiger partial charge is 0.203 e. The van der Waals surface area contributed by atoms with Crippen molar-refractivity contribution < 1.29 is 28.5 Å². The normalized spacial score (nSPS) is 18.2. The number of para-hydroxylation sites is 2. The highest BCUT2D eigenvalue weighted by atomic mass is 79.9. The van der Waals surface area contributed by atoms with Crippen LogP contribution in [-0.4, -0.2) is 41.3 Å². The van der Waals surface area contributed by atoms with E-state index in [-0.39, 0.29) is 11.7 Å². The number of nitrogens with one attached hydrogen (secondary N) is 2. The largest absolute Gasteiger partial charge is 0.493 e. The van der Waals surface area contributed by atoms with Gasteiger partial charge in [0.2, 0.25) is 5.75 Å². The van der Waals surface area contributed by atoms with E-state index in [0.29, 0.717) is 47.2 Å². The molecule has 0 fully saturated rings. The maximum absolute atomic E-state index is 14.0. The van der Waals surface area contributed by atoms with Gasteiger partial charge < -0.3 is 34.3 Å². The topological polar surface area (TPSA) is 87.3 Å².